The molecule has 0 bridgehead atoms. The average Bonchev–Trinajstić information content (AvgIpc) is 2.98. The third-order valence-corrected chi connectivity index (χ3v) is 4.33. The van der Waals surface area contributed by atoms with Crippen molar-refractivity contribution in [2.45, 2.75) is 39.2 Å². The lowest BCUT2D eigenvalue weighted by atomic mass is 9.86. The number of amides is 1. The molecule has 6 nitrogen and oxygen atoms in total. The third kappa shape index (κ3) is 4.44. The van der Waals surface area contributed by atoms with Crippen molar-refractivity contribution < 1.29 is 23.8 Å². The maximum atomic E-state index is 12.4. The minimum atomic E-state index is -0.565. The molecule has 0 spiro atoms. The van der Waals surface area contributed by atoms with Gasteiger partial charge in [0.05, 0.1) is 14.2 Å². The highest BCUT2D eigenvalue weighted by molar-refractivity contribution is 5.81. The molecule has 1 aromatic rings. The van der Waals surface area contributed by atoms with E-state index in [0.29, 0.717) is 24.6 Å². The molecule has 2 unspecified atom stereocenters. The number of nitrogens with zero attached hydrogens (tertiary/aromatic N) is 1. The first kappa shape index (κ1) is 19.1. The number of methoxy groups -OCH3 is 2. The van der Waals surface area contributed by atoms with Crippen molar-refractivity contribution in [1.82, 2.24) is 4.90 Å². The molecule has 25 heavy (non-hydrogen) atoms. The number of rotatable bonds is 4. The summed E-state index contributed by atoms with van der Waals surface area (Å²) < 4.78 is 16.1. The van der Waals surface area contributed by atoms with E-state index < -0.39 is 5.60 Å². The third-order valence-electron chi connectivity index (χ3n) is 4.33. The van der Waals surface area contributed by atoms with E-state index in [1.165, 1.54) is 0 Å². The van der Waals surface area contributed by atoms with Crippen LogP contribution in [0.2, 0.25) is 0 Å². The smallest absolute Gasteiger partial charge is 0.410 e. The van der Waals surface area contributed by atoms with Crippen LogP contribution < -0.4 is 9.47 Å². The molecule has 1 aromatic carbocycles. The highest BCUT2D eigenvalue weighted by atomic mass is 16.6. The number of ketones is 1. The van der Waals surface area contributed by atoms with Crippen molar-refractivity contribution in [3.8, 4) is 11.5 Å². The zero-order chi connectivity index (χ0) is 18.8. The van der Waals surface area contributed by atoms with Crippen molar-refractivity contribution in [2.75, 3.05) is 27.3 Å². The summed E-state index contributed by atoms with van der Waals surface area (Å²) in [6.07, 6.45) is -0.387. The summed E-state index contributed by atoms with van der Waals surface area (Å²) in [5, 5.41) is 0. The van der Waals surface area contributed by atoms with Crippen LogP contribution in [0.4, 0.5) is 4.79 Å². The second kappa shape index (κ2) is 7.33. The highest BCUT2D eigenvalue weighted by Crippen LogP contribution is 2.38. The quantitative estimate of drug-likeness (QED) is 0.835. The van der Waals surface area contributed by atoms with Gasteiger partial charge >= 0.3 is 6.09 Å². The lowest BCUT2D eigenvalue weighted by Crippen LogP contribution is -2.35. The Kier molecular flexibility index (Phi) is 5.60. The first-order valence-electron chi connectivity index (χ1n) is 8.36. The van der Waals surface area contributed by atoms with Gasteiger partial charge in [-0.15, -0.1) is 0 Å². The largest absolute Gasteiger partial charge is 0.493 e. The van der Waals surface area contributed by atoms with E-state index in [1.807, 2.05) is 39.0 Å². The van der Waals surface area contributed by atoms with Crippen LogP contribution in [0.15, 0.2) is 18.2 Å². The summed E-state index contributed by atoms with van der Waals surface area (Å²) in [6.45, 7) is 7.86. The Balaban J connectivity index is 2.27. The molecule has 1 heterocycles. The van der Waals surface area contributed by atoms with Crippen molar-refractivity contribution >= 4 is 11.9 Å². The van der Waals surface area contributed by atoms with Gasteiger partial charge in [-0.1, -0.05) is 6.07 Å². The summed E-state index contributed by atoms with van der Waals surface area (Å²) in [6, 6.07) is 5.61. The van der Waals surface area contributed by atoms with E-state index >= 15 is 0 Å². The molecule has 1 saturated heterocycles. The number of likely N-dealkylation sites (tertiary alicyclic amines) is 1. The lowest BCUT2D eigenvalue weighted by molar-refractivity contribution is -0.120. The van der Waals surface area contributed by atoms with Gasteiger partial charge in [-0.25, -0.2) is 4.79 Å². The Morgan fingerprint density at radius 2 is 1.72 bits per heavy atom. The van der Waals surface area contributed by atoms with Crippen LogP contribution in [-0.4, -0.2) is 49.7 Å². The normalized spacial score (nSPS) is 20.3. The maximum Gasteiger partial charge on any atom is 0.410 e. The predicted octanol–water partition coefficient (Wildman–Crippen LogP) is 3.24. The summed E-state index contributed by atoms with van der Waals surface area (Å²) in [4.78, 5) is 26.1. The minimum Gasteiger partial charge on any atom is -0.493 e. The Bertz CT molecular complexity index is 650. The van der Waals surface area contributed by atoms with Crippen molar-refractivity contribution in [1.29, 1.82) is 0 Å². The van der Waals surface area contributed by atoms with Crippen LogP contribution in [0, 0.1) is 5.92 Å². The molecule has 0 radical (unpaired) electrons. The van der Waals surface area contributed by atoms with Gasteiger partial charge in [-0.3, -0.25) is 4.79 Å². The zero-order valence-electron chi connectivity index (χ0n) is 15.8. The van der Waals surface area contributed by atoms with E-state index in [1.54, 1.807) is 26.0 Å². The molecule has 1 aliphatic rings. The monoisotopic (exact) mass is 349 g/mol. The van der Waals surface area contributed by atoms with Gasteiger partial charge < -0.3 is 19.1 Å². The van der Waals surface area contributed by atoms with Gasteiger partial charge in [-0.2, -0.15) is 0 Å². The maximum absolute atomic E-state index is 12.4. The highest BCUT2D eigenvalue weighted by Gasteiger charge is 2.40. The molecule has 138 valence electrons. The average molecular weight is 349 g/mol. The summed E-state index contributed by atoms with van der Waals surface area (Å²) in [5.41, 5.74) is 0.383. The summed E-state index contributed by atoms with van der Waals surface area (Å²) in [7, 11) is 3.15. The van der Waals surface area contributed by atoms with Crippen molar-refractivity contribution in [3.05, 3.63) is 23.8 Å². The Hall–Kier alpha value is -2.24. The Labute approximate surface area is 149 Å². The molecule has 0 saturated carbocycles. The van der Waals surface area contributed by atoms with E-state index in [0.717, 1.165) is 5.56 Å². The minimum absolute atomic E-state index is 0.0610. The van der Waals surface area contributed by atoms with Gasteiger partial charge in [0.15, 0.2) is 11.5 Å². The van der Waals surface area contributed by atoms with Crippen molar-refractivity contribution in [3.63, 3.8) is 0 Å². The molecule has 2 atom stereocenters. The summed E-state index contributed by atoms with van der Waals surface area (Å²) in [5.74, 6) is 0.951. The van der Waals surface area contributed by atoms with Gasteiger partial charge in [-0.05, 0) is 45.4 Å². The van der Waals surface area contributed by atoms with Gasteiger partial charge in [0, 0.05) is 24.9 Å². The number of ether oxygens (including phenoxy) is 3. The predicted molar refractivity (Wildman–Crippen MR) is 94.3 cm³/mol. The van der Waals surface area contributed by atoms with Gasteiger partial charge in [0.1, 0.15) is 11.4 Å². The molecule has 1 fully saturated rings. The van der Waals surface area contributed by atoms with E-state index in [2.05, 4.69) is 0 Å². The fourth-order valence-corrected chi connectivity index (χ4v) is 3.11. The number of hydrogen-bond acceptors (Lipinski definition) is 5. The van der Waals surface area contributed by atoms with Crippen LogP contribution in [0.3, 0.4) is 0 Å². The van der Waals surface area contributed by atoms with Gasteiger partial charge in [0.25, 0.3) is 0 Å². The Morgan fingerprint density at radius 1 is 1.08 bits per heavy atom. The lowest BCUT2D eigenvalue weighted by Gasteiger charge is -2.24. The molecule has 1 aliphatic heterocycles. The first-order chi connectivity index (χ1) is 11.7. The van der Waals surface area contributed by atoms with Crippen LogP contribution in [-0.2, 0) is 9.53 Å². The van der Waals surface area contributed by atoms with E-state index in [4.69, 9.17) is 14.2 Å². The second-order valence-corrected chi connectivity index (χ2v) is 7.32. The molecule has 2 rings (SSSR count). The van der Waals surface area contributed by atoms with E-state index in [9.17, 15) is 9.59 Å². The molecular weight excluding hydrogens is 322 g/mol. The first-order valence-corrected chi connectivity index (χ1v) is 8.36. The van der Waals surface area contributed by atoms with Crippen LogP contribution in [0.5, 0.6) is 11.5 Å². The fourth-order valence-electron chi connectivity index (χ4n) is 3.11. The number of Topliss-reactive ketones (excluding diaryl/α,β-unsaturated/α-hetero) is 1. The van der Waals surface area contributed by atoms with Crippen molar-refractivity contribution in [2.24, 2.45) is 5.92 Å². The second-order valence-electron chi connectivity index (χ2n) is 7.32. The number of hydrogen-bond donors (Lipinski definition) is 0. The molecule has 0 aromatic heterocycles. The van der Waals surface area contributed by atoms with Crippen LogP contribution in [0.25, 0.3) is 0 Å². The number of benzene rings is 1. The van der Waals surface area contributed by atoms with Gasteiger partial charge in [0.2, 0.25) is 0 Å². The topological polar surface area (TPSA) is 65.1 Å². The molecule has 6 heteroatoms. The zero-order valence-corrected chi connectivity index (χ0v) is 15.8. The van der Waals surface area contributed by atoms with E-state index in [-0.39, 0.29) is 23.7 Å². The molecule has 0 N–H and O–H groups in total. The Morgan fingerprint density at radius 3 is 2.24 bits per heavy atom. The SMILES string of the molecule is COc1ccc(C2CN(C(=O)OC(C)(C)C)CC2C(C)=O)cc1OC. The fraction of sp³-hybridized carbons (Fsp3) is 0.579. The van der Waals surface area contributed by atoms with Crippen LogP contribution >= 0.6 is 0 Å². The standard InChI is InChI=1S/C19H27NO5/c1-12(21)14-10-20(18(22)25-19(2,3)4)11-15(14)13-7-8-16(23-5)17(9-13)24-6/h7-9,14-15H,10-11H2,1-6H3. The summed E-state index contributed by atoms with van der Waals surface area (Å²) >= 11 is 0. The molecule has 0 aliphatic carbocycles. The molecule has 1 amide bonds. The number of carbonyl (C=O) groups excluding carboxylic acids is 2. The van der Waals surface area contributed by atoms with Crippen LogP contribution in [0.1, 0.15) is 39.2 Å². The molecular formula is C19H27NO5. The number of carbonyl (C=O) groups is 2.